The van der Waals surface area contributed by atoms with Gasteiger partial charge >= 0.3 is 29.6 Å². The minimum atomic E-state index is -4.25. The van der Waals surface area contributed by atoms with Crippen molar-refractivity contribution in [3.8, 4) is 0 Å². The Morgan fingerprint density at radius 3 is 2.63 bits per heavy atom. The molecule has 0 aliphatic rings. The standard InChI is InChI=1S/C10H14N2O5S.Na/c1-7(5-10(13)14)11-12-8-3-2-4-9(6-8)18(15,16)17;/h2-4,6-7,11-12H,5H2,1H3,(H,13,14)(H,15,16,17);/q;+1/p-1. The summed E-state index contributed by atoms with van der Waals surface area (Å²) in [5, 5.41) is 10.3. The molecule has 0 radical (unpaired) electrons. The van der Waals surface area contributed by atoms with E-state index in [0.29, 0.717) is 5.69 Å². The summed E-state index contributed by atoms with van der Waals surface area (Å²) in [6, 6.07) is 5.06. The number of rotatable bonds is 6. The molecule has 1 aromatic rings. The fourth-order valence-electron chi connectivity index (χ4n) is 1.24. The Morgan fingerprint density at radius 1 is 1.47 bits per heavy atom. The zero-order valence-corrected chi connectivity index (χ0v) is 13.4. The largest absolute Gasteiger partial charge is 1.00 e. The first-order valence-electron chi connectivity index (χ1n) is 5.08. The molecular weight excluding hydrogens is 283 g/mol. The predicted molar refractivity (Wildman–Crippen MR) is 62.1 cm³/mol. The summed E-state index contributed by atoms with van der Waals surface area (Å²) >= 11 is 0. The molecule has 1 atom stereocenters. The number of aliphatic carboxylic acids is 1. The molecule has 9 heteroatoms. The number of nitrogens with one attached hydrogen (secondary N) is 2. The van der Waals surface area contributed by atoms with Gasteiger partial charge < -0.3 is 15.3 Å². The van der Waals surface area contributed by atoms with Crippen LogP contribution in [0.5, 0.6) is 0 Å². The molecule has 0 saturated heterocycles. The minimum Gasteiger partial charge on any atom is -0.550 e. The fourth-order valence-corrected chi connectivity index (χ4v) is 1.77. The Labute approximate surface area is 133 Å². The number of hydrazine groups is 1. The van der Waals surface area contributed by atoms with E-state index >= 15 is 0 Å². The summed E-state index contributed by atoms with van der Waals surface area (Å²) in [5.74, 6) is -1.19. The normalized spacial score (nSPS) is 12.3. The molecule has 3 N–H and O–H groups in total. The second-order valence-corrected chi connectivity index (χ2v) is 5.17. The molecule has 0 spiro atoms. The van der Waals surface area contributed by atoms with Crippen molar-refractivity contribution in [2.24, 2.45) is 0 Å². The van der Waals surface area contributed by atoms with Crippen molar-refractivity contribution in [2.75, 3.05) is 5.43 Å². The van der Waals surface area contributed by atoms with Crippen LogP contribution in [-0.4, -0.2) is 25.0 Å². The van der Waals surface area contributed by atoms with Gasteiger partial charge in [-0.25, -0.2) is 5.43 Å². The maximum atomic E-state index is 10.9. The monoisotopic (exact) mass is 296 g/mol. The molecule has 1 aromatic carbocycles. The number of carbonyl (C=O) groups is 1. The molecule has 19 heavy (non-hydrogen) atoms. The average Bonchev–Trinajstić information content (AvgIpc) is 2.25. The maximum Gasteiger partial charge on any atom is 1.00 e. The second kappa shape index (κ2) is 7.83. The van der Waals surface area contributed by atoms with Crippen LogP contribution in [0.15, 0.2) is 29.2 Å². The number of anilines is 1. The minimum absolute atomic E-state index is 0. The molecule has 0 aliphatic heterocycles. The summed E-state index contributed by atoms with van der Waals surface area (Å²) < 4.78 is 30.6. The van der Waals surface area contributed by atoms with Gasteiger partial charge in [-0.1, -0.05) is 6.07 Å². The zero-order valence-electron chi connectivity index (χ0n) is 10.6. The number of carboxylic acids is 1. The molecule has 0 fully saturated rings. The predicted octanol–water partition coefficient (Wildman–Crippen LogP) is -3.62. The summed E-state index contributed by atoms with van der Waals surface area (Å²) in [7, 11) is -4.25. The summed E-state index contributed by atoms with van der Waals surface area (Å²) in [6.45, 7) is 1.62. The Kier molecular flexibility index (Phi) is 7.57. The van der Waals surface area contributed by atoms with E-state index in [2.05, 4.69) is 10.9 Å². The fraction of sp³-hybridized carbons (Fsp3) is 0.300. The first-order valence-corrected chi connectivity index (χ1v) is 6.52. The topological polar surface area (TPSA) is 119 Å². The van der Waals surface area contributed by atoms with Crippen LogP contribution in [-0.2, 0) is 14.9 Å². The van der Waals surface area contributed by atoms with E-state index in [4.69, 9.17) is 4.55 Å². The smallest absolute Gasteiger partial charge is 0.550 e. The van der Waals surface area contributed by atoms with Gasteiger partial charge in [0.1, 0.15) is 0 Å². The quantitative estimate of drug-likeness (QED) is 0.282. The van der Waals surface area contributed by atoms with Crippen LogP contribution in [0.25, 0.3) is 0 Å². The van der Waals surface area contributed by atoms with Crippen LogP contribution in [0.3, 0.4) is 0 Å². The molecule has 7 nitrogen and oxygen atoms in total. The third kappa shape index (κ3) is 6.90. The van der Waals surface area contributed by atoms with E-state index < -0.39 is 22.1 Å². The van der Waals surface area contributed by atoms with Crippen LogP contribution in [0.2, 0.25) is 0 Å². The zero-order chi connectivity index (χ0) is 13.8. The molecule has 0 aromatic heterocycles. The first kappa shape index (κ1) is 18.4. The van der Waals surface area contributed by atoms with Crippen LogP contribution in [0.1, 0.15) is 13.3 Å². The summed E-state index contributed by atoms with van der Waals surface area (Å²) in [5.41, 5.74) is 5.69. The van der Waals surface area contributed by atoms with Crippen molar-refractivity contribution in [1.29, 1.82) is 0 Å². The number of benzene rings is 1. The molecule has 1 unspecified atom stereocenters. The van der Waals surface area contributed by atoms with E-state index in [-0.39, 0.29) is 40.9 Å². The van der Waals surface area contributed by atoms with Gasteiger partial charge in [0.2, 0.25) is 0 Å². The number of carbonyl (C=O) groups excluding carboxylic acids is 1. The second-order valence-electron chi connectivity index (χ2n) is 3.75. The summed E-state index contributed by atoms with van der Waals surface area (Å²) in [4.78, 5) is 10.1. The molecule has 100 valence electrons. The van der Waals surface area contributed by atoms with Crippen LogP contribution in [0, 0.1) is 0 Å². The van der Waals surface area contributed by atoms with Crippen molar-refractivity contribution in [1.82, 2.24) is 5.43 Å². The Morgan fingerprint density at radius 2 is 2.11 bits per heavy atom. The van der Waals surface area contributed by atoms with Crippen molar-refractivity contribution < 1.29 is 52.4 Å². The Hall–Kier alpha value is -0.640. The van der Waals surface area contributed by atoms with E-state index in [1.165, 1.54) is 18.2 Å². The molecular formula is C10H13N2NaO5S. The van der Waals surface area contributed by atoms with E-state index in [9.17, 15) is 18.3 Å². The van der Waals surface area contributed by atoms with E-state index in [1.54, 1.807) is 13.0 Å². The van der Waals surface area contributed by atoms with Crippen molar-refractivity contribution in [2.45, 2.75) is 24.3 Å². The van der Waals surface area contributed by atoms with Gasteiger partial charge in [-0.2, -0.15) is 8.42 Å². The number of hydrogen-bond donors (Lipinski definition) is 3. The molecule has 0 amide bonds. The molecule has 0 aliphatic carbocycles. The van der Waals surface area contributed by atoms with Crippen molar-refractivity contribution in [3.63, 3.8) is 0 Å². The third-order valence-electron chi connectivity index (χ3n) is 2.07. The molecule has 1 rings (SSSR count). The third-order valence-corrected chi connectivity index (χ3v) is 2.92. The van der Waals surface area contributed by atoms with E-state index in [0.717, 1.165) is 0 Å². The first-order chi connectivity index (χ1) is 8.29. The Balaban J connectivity index is 0.00000324. The number of carboxylic acid groups (broad SMARTS) is 1. The van der Waals surface area contributed by atoms with E-state index in [1.807, 2.05) is 0 Å². The van der Waals surface area contributed by atoms with Crippen LogP contribution in [0.4, 0.5) is 5.69 Å². The van der Waals surface area contributed by atoms with Gasteiger partial charge in [0.15, 0.2) is 0 Å². The maximum absolute atomic E-state index is 10.9. The van der Waals surface area contributed by atoms with Gasteiger partial charge in [0.25, 0.3) is 10.1 Å². The van der Waals surface area contributed by atoms with Gasteiger partial charge in [0.05, 0.1) is 10.6 Å². The van der Waals surface area contributed by atoms with Crippen LogP contribution >= 0.6 is 0 Å². The molecule has 0 saturated carbocycles. The summed E-state index contributed by atoms with van der Waals surface area (Å²) in [6.07, 6.45) is -0.189. The molecule has 0 bridgehead atoms. The van der Waals surface area contributed by atoms with Gasteiger partial charge in [-0.05, 0) is 25.1 Å². The van der Waals surface area contributed by atoms with Crippen molar-refractivity contribution >= 4 is 21.8 Å². The van der Waals surface area contributed by atoms with Gasteiger partial charge in [-0.3, -0.25) is 4.55 Å². The molecule has 0 heterocycles. The van der Waals surface area contributed by atoms with Crippen LogP contribution < -0.4 is 45.5 Å². The van der Waals surface area contributed by atoms with Gasteiger partial charge in [-0.15, -0.1) is 0 Å². The van der Waals surface area contributed by atoms with Crippen molar-refractivity contribution in [3.05, 3.63) is 24.3 Å². The SMILES string of the molecule is CC(CC(=O)[O-])NNc1cccc(S(=O)(=O)O)c1.[Na+]. The average molecular weight is 296 g/mol. The number of hydrogen-bond acceptors (Lipinski definition) is 6. The van der Waals surface area contributed by atoms with Gasteiger partial charge in [0, 0.05) is 18.4 Å². The Bertz CT molecular complexity index is 534.